The van der Waals surface area contributed by atoms with Crippen molar-refractivity contribution in [2.24, 2.45) is 0 Å². The molecule has 0 saturated carbocycles. The maximum Gasteiger partial charge on any atom is 0.140 e. The van der Waals surface area contributed by atoms with Gasteiger partial charge in [-0.25, -0.2) is 8.78 Å². The van der Waals surface area contributed by atoms with E-state index in [1.165, 1.54) is 23.9 Å². The van der Waals surface area contributed by atoms with Gasteiger partial charge in [-0.1, -0.05) is 11.8 Å². The van der Waals surface area contributed by atoms with Crippen molar-refractivity contribution >= 4 is 28.4 Å². The van der Waals surface area contributed by atoms with E-state index in [9.17, 15) is 8.78 Å². The third kappa shape index (κ3) is 2.83. The molecule has 1 heterocycles. The number of aromatic nitrogens is 1. The molecule has 0 aliphatic carbocycles. The summed E-state index contributed by atoms with van der Waals surface area (Å²) in [5, 5.41) is 0.856. The molecule has 106 valence electrons. The number of hydrogen-bond acceptors (Lipinski definition) is 3. The van der Waals surface area contributed by atoms with E-state index in [1.54, 1.807) is 6.07 Å². The van der Waals surface area contributed by atoms with Crippen molar-refractivity contribution in [3.8, 4) is 0 Å². The molecule has 0 atom stereocenters. The Morgan fingerprint density at radius 2 is 1.81 bits per heavy atom. The van der Waals surface area contributed by atoms with Gasteiger partial charge in [0.2, 0.25) is 0 Å². The average molecular weight is 302 g/mol. The van der Waals surface area contributed by atoms with Crippen molar-refractivity contribution in [1.29, 1.82) is 0 Å². The Morgan fingerprint density at radius 3 is 2.57 bits per heavy atom. The third-order valence-corrected chi connectivity index (χ3v) is 4.15. The maximum atomic E-state index is 13.8. The zero-order chi connectivity index (χ0) is 15.0. The SMILES string of the molecule is Cc1cc(Sc2ccc(F)cc2F)c2cc(N)ccc2n1. The van der Waals surface area contributed by atoms with Crippen LogP contribution in [0.25, 0.3) is 10.9 Å². The number of hydrogen-bond donors (Lipinski definition) is 1. The smallest absolute Gasteiger partial charge is 0.140 e. The van der Waals surface area contributed by atoms with Crippen LogP contribution in [-0.2, 0) is 0 Å². The van der Waals surface area contributed by atoms with Crippen molar-refractivity contribution in [3.05, 3.63) is 59.8 Å². The molecular weight excluding hydrogens is 290 g/mol. The fraction of sp³-hybridized carbons (Fsp3) is 0.0625. The fourth-order valence-corrected chi connectivity index (χ4v) is 3.13. The van der Waals surface area contributed by atoms with Gasteiger partial charge < -0.3 is 5.73 Å². The molecule has 0 radical (unpaired) electrons. The van der Waals surface area contributed by atoms with Gasteiger partial charge in [0.15, 0.2) is 0 Å². The van der Waals surface area contributed by atoms with Gasteiger partial charge in [-0.3, -0.25) is 4.98 Å². The van der Waals surface area contributed by atoms with Gasteiger partial charge in [0.05, 0.1) is 5.52 Å². The molecular formula is C16H12F2N2S. The van der Waals surface area contributed by atoms with Gasteiger partial charge in [0.25, 0.3) is 0 Å². The van der Waals surface area contributed by atoms with E-state index in [0.29, 0.717) is 10.6 Å². The zero-order valence-electron chi connectivity index (χ0n) is 11.2. The van der Waals surface area contributed by atoms with Crippen LogP contribution >= 0.6 is 11.8 Å². The van der Waals surface area contributed by atoms with Crippen LogP contribution < -0.4 is 5.73 Å². The minimum atomic E-state index is -0.586. The predicted octanol–water partition coefficient (Wildman–Crippen LogP) is 4.55. The molecule has 0 aliphatic rings. The Bertz CT molecular complexity index is 834. The van der Waals surface area contributed by atoms with Crippen LogP contribution in [0.15, 0.2) is 52.3 Å². The maximum absolute atomic E-state index is 13.8. The first kappa shape index (κ1) is 13.8. The lowest BCUT2D eigenvalue weighted by Gasteiger charge is -2.09. The number of pyridine rings is 1. The van der Waals surface area contributed by atoms with Crippen molar-refractivity contribution in [2.75, 3.05) is 5.73 Å². The van der Waals surface area contributed by atoms with E-state index in [1.807, 2.05) is 25.1 Å². The molecule has 0 spiro atoms. The second kappa shape index (κ2) is 5.33. The molecule has 0 aliphatic heterocycles. The Morgan fingerprint density at radius 1 is 1.00 bits per heavy atom. The molecule has 21 heavy (non-hydrogen) atoms. The Kier molecular flexibility index (Phi) is 3.51. The zero-order valence-corrected chi connectivity index (χ0v) is 12.0. The number of benzene rings is 2. The number of nitrogen functional groups attached to an aromatic ring is 1. The second-order valence-corrected chi connectivity index (χ2v) is 5.80. The molecule has 2 nitrogen and oxygen atoms in total. The quantitative estimate of drug-likeness (QED) is 0.706. The highest BCUT2D eigenvalue weighted by Crippen LogP contribution is 2.35. The largest absolute Gasteiger partial charge is 0.399 e. The number of nitrogens with two attached hydrogens (primary N) is 1. The van der Waals surface area contributed by atoms with E-state index in [-0.39, 0.29) is 0 Å². The number of anilines is 1. The summed E-state index contributed by atoms with van der Waals surface area (Å²) in [5.74, 6) is -1.16. The first-order valence-corrected chi connectivity index (χ1v) is 7.14. The highest BCUT2D eigenvalue weighted by atomic mass is 32.2. The minimum absolute atomic E-state index is 0.366. The van der Waals surface area contributed by atoms with Crippen molar-refractivity contribution in [2.45, 2.75) is 16.7 Å². The van der Waals surface area contributed by atoms with E-state index in [2.05, 4.69) is 4.98 Å². The van der Waals surface area contributed by atoms with E-state index < -0.39 is 11.6 Å². The van der Waals surface area contributed by atoms with Crippen LogP contribution in [0, 0.1) is 18.6 Å². The van der Waals surface area contributed by atoms with Crippen LogP contribution in [-0.4, -0.2) is 4.98 Å². The lowest BCUT2D eigenvalue weighted by Crippen LogP contribution is -1.91. The molecule has 0 unspecified atom stereocenters. The van der Waals surface area contributed by atoms with Crippen LogP contribution in [0.2, 0.25) is 0 Å². The molecule has 0 fully saturated rings. The second-order valence-electron chi connectivity index (χ2n) is 4.72. The molecule has 5 heteroatoms. The highest BCUT2D eigenvalue weighted by Gasteiger charge is 2.10. The first-order valence-electron chi connectivity index (χ1n) is 6.33. The molecule has 0 saturated heterocycles. The molecule has 0 bridgehead atoms. The lowest BCUT2D eigenvalue weighted by atomic mass is 10.2. The number of aryl methyl sites for hydroxylation is 1. The molecule has 2 N–H and O–H groups in total. The summed E-state index contributed by atoms with van der Waals surface area (Å²) in [7, 11) is 0. The van der Waals surface area contributed by atoms with E-state index >= 15 is 0 Å². The van der Waals surface area contributed by atoms with Gasteiger partial charge in [-0.15, -0.1) is 0 Å². The van der Waals surface area contributed by atoms with Crippen LogP contribution in [0.4, 0.5) is 14.5 Å². The van der Waals surface area contributed by atoms with Crippen molar-refractivity contribution < 1.29 is 8.78 Å². The van der Waals surface area contributed by atoms with Gasteiger partial charge >= 0.3 is 0 Å². The average Bonchev–Trinajstić information content (AvgIpc) is 2.42. The van der Waals surface area contributed by atoms with E-state index in [0.717, 1.165) is 27.6 Å². The van der Waals surface area contributed by atoms with Crippen LogP contribution in [0.1, 0.15) is 5.69 Å². The lowest BCUT2D eigenvalue weighted by molar-refractivity contribution is 0.566. The number of halogens is 2. The number of rotatable bonds is 2. The van der Waals surface area contributed by atoms with Gasteiger partial charge in [-0.2, -0.15) is 0 Å². The molecule has 3 aromatic rings. The van der Waals surface area contributed by atoms with Crippen LogP contribution in [0.5, 0.6) is 0 Å². The summed E-state index contributed by atoms with van der Waals surface area (Å²) >= 11 is 1.24. The van der Waals surface area contributed by atoms with E-state index in [4.69, 9.17) is 5.73 Å². The summed E-state index contributed by atoms with van der Waals surface area (Å²) in [6.07, 6.45) is 0. The summed E-state index contributed by atoms with van der Waals surface area (Å²) in [6.45, 7) is 1.88. The molecule has 3 rings (SSSR count). The van der Waals surface area contributed by atoms with Gasteiger partial charge in [-0.05, 0) is 43.3 Å². The molecule has 2 aromatic carbocycles. The number of nitrogens with zero attached hydrogens (tertiary/aromatic N) is 1. The molecule has 1 aromatic heterocycles. The first-order chi connectivity index (χ1) is 10.0. The Hall–Kier alpha value is -2.14. The molecule has 0 amide bonds. The fourth-order valence-electron chi connectivity index (χ4n) is 2.10. The third-order valence-electron chi connectivity index (χ3n) is 3.04. The Balaban J connectivity index is 2.13. The topological polar surface area (TPSA) is 38.9 Å². The van der Waals surface area contributed by atoms with Gasteiger partial charge in [0.1, 0.15) is 11.6 Å². The standard InChI is InChI=1S/C16H12F2N2S/c1-9-6-16(12-8-11(19)3-4-14(12)20-9)21-15-5-2-10(17)7-13(15)18/h2-8H,19H2,1H3. The van der Waals surface area contributed by atoms with Crippen molar-refractivity contribution in [3.63, 3.8) is 0 Å². The van der Waals surface area contributed by atoms with Crippen molar-refractivity contribution in [1.82, 2.24) is 4.98 Å². The minimum Gasteiger partial charge on any atom is -0.399 e. The summed E-state index contributed by atoms with van der Waals surface area (Å²) < 4.78 is 26.8. The van der Waals surface area contributed by atoms with Gasteiger partial charge in [0, 0.05) is 32.6 Å². The summed E-state index contributed by atoms with van der Waals surface area (Å²) in [4.78, 5) is 5.64. The summed E-state index contributed by atoms with van der Waals surface area (Å²) in [6, 6.07) is 10.9. The Labute approximate surface area is 125 Å². The predicted molar refractivity (Wildman–Crippen MR) is 81.4 cm³/mol. The highest BCUT2D eigenvalue weighted by molar-refractivity contribution is 7.99. The van der Waals surface area contributed by atoms with Crippen LogP contribution in [0.3, 0.4) is 0 Å². The normalized spacial score (nSPS) is 11.0. The summed E-state index contributed by atoms with van der Waals surface area (Å²) in [5.41, 5.74) is 8.06. The number of fused-ring (bicyclic) bond motifs is 1. The monoisotopic (exact) mass is 302 g/mol.